The first-order valence-electron chi connectivity index (χ1n) is 4.62. The largest absolute Gasteiger partial charge is 0.468 e. The van der Waals surface area contributed by atoms with Gasteiger partial charge in [-0.15, -0.1) is 11.8 Å². The van der Waals surface area contributed by atoms with Gasteiger partial charge in [-0.2, -0.15) is 5.26 Å². The number of nitrogen functional groups attached to an aromatic ring is 1. The topological polar surface area (TPSA) is 76.1 Å². The maximum Gasteiger partial charge on any atom is 0.315 e. The molecule has 0 radical (unpaired) electrons. The van der Waals surface area contributed by atoms with E-state index in [0.29, 0.717) is 5.69 Å². The van der Waals surface area contributed by atoms with Crippen molar-refractivity contribution in [3.63, 3.8) is 0 Å². The summed E-state index contributed by atoms with van der Waals surface area (Å²) < 4.78 is 4.54. The van der Waals surface area contributed by atoms with Crippen LogP contribution in [0.3, 0.4) is 0 Å². The van der Waals surface area contributed by atoms with E-state index in [9.17, 15) is 4.79 Å². The minimum atomic E-state index is -0.274. The number of carbonyl (C=O) groups is 1. The first-order chi connectivity index (χ1) is 7.67. The second-order valence-electron chi connectivity index (χ2n) is 3.06. The predicted molar refractivity (Wildman–Crippen MR) is 62.9 cm³/mol. The summed E-state index contributed by atoms with van der Waals surface area (Å²) in [7, 11) is 1.35. The van der Waals surface area contributed by atoms with Crippen LogP contribution in [0.25, 0.3) is 0 Å². The van der Waals surface area contributed by atoms with Crippen molar-refractivity contribution in [1.82, 2.24) is 0 Å². The smallest absolute Gasteiger partial charge is 0.315 e. The molecule has 0 fully saturated rings. The summed E-state index contributed by atoms with van der Waals surface area (Å²) in [6, 6.07) is 7.44. The number of thioether (sulfide) groups is 1. The number of benzene rings is 1. The third-order valence-corrected chi connectivity index (χ3v) is 2.94. The van der Waals surface area contributed by atoms with Crippen LogP contribution in [0.4, 0.5) is 5.69 Å². The summed E-state index contributed by atoms with van der Waals surface area (Å²) in [6.45, 7) is 0. The highest BCUT2D eigenvalue weighted by Crippen LogP contribution is 2.23. The average Bonchev–Trinajstić information content (AvgIpc) is 2.30. The van der Waals surface area contributed by atoms with E-state index in [-0.39, 0.29) is 18.1 Å². The maximum atomic E-state index is 10.9. The molecular weight excluding hydrogens is 224 g/mol. The number of ether oxygens (including phenoxy) is 1. The second kappa shape index (κ2) is 6.03. The predicted octanol–water partition coefficient (Wildman–Crippen LogP) is 1.60. The van der Waals surface area contributed by atoms with Crippen LogP contribution >= 0.6 is 11.8 Å². The van der Waals surface area contributed by atoms with Gasteiger partial charge in [0.2, 0.25) is 0 Å². The standard InChI is InChI=1S/C11H12N2O2S/c1-15-11(14)7-16-9-2-3-10(13)8(6-9)4-5-12/h2-3,6H,4,7,13H2,1H3. The quantitative estimate of drug-likeness (QED) is 0.488. The second-order valence-corrected chi connectivity index (χ2v) is 4.11. The van der Waals surface area contributed by atoms with Crippen molar-refractivity contribution in [3.8, 4) is 6.07 Å². The Morgan fingerprint density at radius 1 is 1.62 bits per heavy atom. The van der Waals surface area contributed by atoms with Crippen LogP contribution in [0.15, 0.2) is 23.1 Å². The molecule has 84 valence electrons. The van der Waals surface area contributed by atoms with Gasteiger partial charge >= 0.3 is 5.97 Å². The number of nitrogens with zero attached hydrogens (tertiary/aromatic N) is 1. The van der Waals surface area contributed by atoms with Gasteiger partial charge in [0.05, 0.1) is 25.4 Å². The van der Waals surface area contributed by atoms with Crippen molar-refractivity contribution < 1.29 is 9.53 Å². The van der Waals surface area contributed by atoms with Crippen LogP contribution in [0, 0.1) is 11.3 Å². The minimum Gasteiger partial charge on any atom is -0.468 e. The number of esters is 1. The van der Waals surface area contributed by atoms with Crippen LogP contribution in [0.5, 0.6) is 0 Å². The molecule has 0 heterocycles. The molecule has 5 heteroatoms. The fraction of sp³-hybridized carbons (Fsp3) is 0.273. The number of nitrogens with two attached hydrogens (primary N) is 1. The van der Waals surface area contributed by atoms with E-state index in [0.717, 1.165) is 10.5 Å². The van der Waals surface area contributed by atoms with Crippen LogP contribution in [-0.2, 0) is 16.0 Å². The third-order valence-electron chi connectivity index (χ3n) is 1.97. The molecular formula is C11H12N2O2S. The molecule has 0 saturated carbocycles. The SMILES string of the molecule is COC(=O)CSc1ccc(N)c(CC#N)c1. The van der Waals surface area contributed by atoms with Crippen molar-refractivity contribution in [2.45, 2.75) is 11.3 Å². The first-order valence-corrected chi connectivity index (χ1v) is 5.61. The van der Waals surface area contributed by atoms with E-state index in [1.165, 1.54) is 18.9 Å². The highest BCUT2D eigenvalue weighted by atomic mass is 32.2. The summed E-state index contributed by atoms with van der Waals surface area (Å²) in [5.74, 6) is -0.0180. The van der Waals surface area contributed by atoms with E-state index in [2.05, 4.69) is 4.74 Å². The third kappa shape index (κ3) is 3.48. The monoisotopic (exact) mass is 236 g/mol. The molecule has 1 rings (SSSR count). The lowest BCUT2D eigenvalue weighted by Crippen LogP contribution is -2.03. The molecule has 4 nitrogen and oxygen atoms in total. The zero-order chi connectivity index (χ0) is 12.0. The van der Waals surface area contributed by atoms with Crippen molar-refractivity contribution in [3.05, 3.63) is 23.8 Å². The Bertz CT molecular complexity index is 426. The van der Waals surface area contributed by atoms with Gasteiger partial charge in [0.15, 0.2) is 0 Å². The molecule has 1 aromatic rings. The lowest BCUT2D eigenvalue weighted by atomic mass is 10.1. The van der Waals surface area contributed by atoms with Crippen LogP contribution in [0.1, 0.15) is 5.56 Å². The van der Waals surface area contributed by atoms with Gasteiger partial charge in [-0.05, 0) is 23.8 Å². The average molecular weight is 236 g/mol. The number of rotatable bonds is 4. The number of hydrogen-bond acceptors (Lipinski definition) is 5. The summed E-state index contributed by atoms with van der Waals surface area (Å²) in [5.41, 5.74) is 7.10. The summed E-state index contributed by atoms with van der Waals surface area (Å²) in [6.07, 6.45) is 0.276. The zero-order valence-electron chi connectivity index (χ0n) is 8.90. The summed E-state index contributed by atoms with van der Waals surface area (Å²) >= 11 is 1.36. The number of hydrogen-bond donors (Lipinski definition) is 1. The lowest BCUT2D eigenvalue weighted by Gasteiger charge is -2.05. The molecule has 2 N–H and O–H groups in total. The van der Waals surface area contributed by atoms with Gasteiger partial charge in [-0.25, -0.2) is 0 Å². The first kappa shape index (κ1) is 12.4. The van der Waals surface area contributed by atoms with Gasteiger partial charge in [0.25, 0.3) is 0 Å². The van der Waals surface area contributed by atoms with Gasteiger partial charge in [-0.3, -0.25) is 4.79 Å². The Kier molecular flexibility index (Phi) is 4.67. The maximum absolute atomic E-state index is 10.9. The molecule has 0 unspecified atom stereocenters. The zero-order valence-corrected chi connectivity index (χ0v) is 9.71. The molecule has 0 bridgehead atoms. The van der Waals surface area contributed by atoms with Crippen LogP contribution in [0.2, 0.25) is 0 Å². The van der Waals surface area contributed by atoms with Gasteiger partial charge in [-0.1, -0.05) is 0 Å². The van der Waals surface area contributed by atoms with Crippen LogP contribution < -0.4 is 5.73 Å². The van der Waals surface area contributed by atoms with Crippen molar-refractivity contribution >= 4 is 23.4 Å². The molecule has 1 aromatic carbocycles. The lowest BCUT2D eigenvalue weighted by molar-refractivity contribution is -0.137. The van der Waals surface area contributed by atoms with Crippen molar-refractivity contribution in [2.24, 2.45) is 0 Å². The highest BCUT2D eigenvalue weighted by Gasteiger charge is 2.04. The van der Waals surface area contributed by atoms with Crippen molar-refractivity contribution in [2.75, 3.05) is 18.6 Å². The minimum absolute atomic E-state index is 0.256. The molecule has 0 aliphatic heterocycles. The fourth-order valence-electron chi connectivity index (χ4n) is 1.11. The molecule has 0 spiro atoms. The molecule has 0 aromatic heterocycles. The van der Waals surface area contributed by atoms with E-state index in [1.54, 1.807) is 6.07 Å². The molecule has 0 amide bonds. The van der Waals surface area contributed by atoms with Crippen LogP contribution in [-0.4, -0.2) is 18.8 Å². The summed E-state index contributed by atoms with van der Waals surface area (Å²) in [4.78, 5) is 11.8. The number of carbonyl (C=O) groups excluding carboxylic acids is 1. The number of anilines is 1. The van der Waals surface area contributed by atoms with Crippen molar-refractivity contribution in [1.29, 1.82) is 5.26 Å². The Hall–Kier alpha value is -1.67. The van der Waals surface area contributed by atoms with Gasteiger partial charge in [0.1, 0.15) is 0 Å². The molecule has 0 aliphatic carbocycles. The van der Waals surface area contributed by atoms with E-state index >= 15 is 0 Å². The van der Waals surface area contributed by atoms with Gasteiger partial charge < -0.3 is 10.5 Å². The number of nitriles is 1. The molecule has 0 saturated heterocycles. The van der Waals surface area contributed by atoms with E-state index in [1.807, 2.05) is 18.2 Å². The normalized spacial score (nSPS) is 9.50. The molecule has 0 atom stereocenters. The molecule has 16 heavy (non-hydrogen) atoms. The number of methoxy groups -OCH3 is 1. The Labute approximate surface area is 98.4 Å². The van der Waals surface area contributed by atoms with E-state index < -0.39 is 0 Å². The highest BCUT2D eigenvalue weighted by molar-refractivity contribution is 8.00. The molecule has 0 aliphatic rings. The fourth-order valence-corrected chi connectivity index (χ4v) is 1.90. The van der Waals surface area contributed by atoms with E-state index in [4.69, 9.17) is 11.0 Å². The Morgan fingerprint density at radius 3 is 3.00 bits per heavy atom. The van der Waals surface area contributed by atoms with Gasteiger partial charge in [0, 0.05) is 10.6 Å². The Morgan fingerprint density at radius 2 is 2.38 bits per heavy atom. The Balaban J connectivity index is 2.71. The summed E-state index contributed by atoms with van der Waals surface area (Å²) in [5, 5.41) is 8.60.